The van der Waals surface area contributed by atoms with E-state index in [4.69, 9.17) is 4.74 Å². The molecule has 1 amide bonds. The van der Waals surface area contributed by atoms with Gasteiger partial charge in [0.15, 0.2) is 0 Å². The number of carbonyl (C=O) groups excluding carboxylic acids is 1. The van der Waals surface area contributed by atoms with Crippen LogP contribution in [0.3, 0.4) is 0 Å². The van der Waals surface area contributed by atoms with Crippen molar-refractivity contribution in [1.29, 1.82) is 0 Å². The topological polar surface area (TPSA) is 49.8 Å². The predicted octanol–water partition coefficient (Wildman–Crippen LogP) is 2.12. The number of aliphatic hydroxyl groups is 1. The molecule has 1 aliphatic carbocycles. The standard InChI is InChI=1S/C16H20FNO3/c1-21-15-5-4-11(6-14(15)10-2-3-10)16(20)18-8-12(17)7-13(18)9-19/h4-6,10,12-13,19H,2-3,7-9H2,1H3/t12-,13-/m0/s1. The first-order valence-electron chi connectivity index (χ1n) is 7.38. The average molecular weight is 293 g/mol. The monoisotopic (exact) mass is 293 g/mol. The molecule has 4 nitrogen and oxygen atoms in total. The molecule has 1 N–H and O–H groups in total. The molecule has 1 heterocycles. The fourth-order valence-electron chi connectivity index (χ4n) is 3.03. The van der Waals surface area contributed by atoms with Gasteiger partial charge in [0.2, 0.25) is 0 Å². The van der Waals surface area contributed by atoms with Crippen molar-refractivity contribution >= 4 is 5.91 Å². The Morgan fingerprint density at radius 3 is 2.86 bits per heavy atom. The number of carbonyl (C=O) groups is 1. The first-order chi connectivity index (χ1) is 10.1. The van der Waals surface area contributed by atoms with E-state index in [2.05, 4.69) is 0 Å². The maximum atomic E-state index is 13.5. The zero-order valence-corrected chi connectivity index (χ0v) is 12.1. The Morgan fingerprint density at radius 2 is 2.24 bits per heavy atom. The number of hydrogen-bond donors (Lipinski definition) is 1. The number of halogens is 1. The lowest BCUT2D eigenvalue weighted by atomic mass is 10.0. The summed E-state index contributed by atoms with van der Waals surface area (Å²) in [5.74, 6) is 1.06. The minimum Gasteiger partial charge on any atom is -0.496 e. The van der Waals surface area contributed by atoms with Gasteiger partial charge in [-0.2, -0.15) is 0 Å². The van der Waals surface area contributed by atoms with Crippen molar-refractivity contribution < 1.29 is 19.0 Å². The van der Waals surface area contributed by atoms with Crippen LogP contribution < -0.4 is 4.74 Å². The van der Waals surface area contributed by atoms with Gasteiger partial charge >= 0.3 is 0 Å². The average Bonchev–Trinajstić information content (AvgIpc) is 3.28. The first kappa shape index (κ1) is 14.3. The van der Waals surface area contributed by atoms with Crippen LogP contribution in [0.15, 0.2) is 18.2 Å². The van der Waals surface area contributed by atoms with Crippen molar-refractivity contribution in [3.63, 3.8) is 0 Å². The lowest BCUT2D eigenvalue weighted by Gasteiger charge is -2.23. The number of aliphatic hydroxyl groups excluding tert-OH is 1. The van der Waals surface area contributed by atoms with Crippen molar-refractivity contribution in [3.05, 3.63) is 29.3 Å². The van der Waals surface area contributed by atoms with Gasteiger partial charge in [-0.25, -0.2) is 4.39 Å². The zero-order chi connectivity index (χ0) is 15.0. The highest BCUT2D eigenvalue weighted by atomic mass is 19.1. The van der Waals surface area contributed by atoms with Gasteiger partial charge in [0, 0.05) is 12.0 Å². The summed E-state index contributed by atoms with van der Waals surface area (Å²) >= 11 is 0. The molecule has 0 unspecified atom stereocenters. The SMILES string of the molecule is COc1ccc(C(=O)N2C[C@@H](F)C[C@H]2CO)cc1C1CC1. The molecule has 0 aromatic heterocycles. The lowest BCUT2D eigenvalue weighted by Crippen LogP contribution is -2.37. The van der Waals surface area contributed by atoms with Gasteiger partial charge in [-0.15, -0.1) is 0 Å². The minimum absolute atomic E-state index is 0.0643. The molecule has 3 rings (SSSR count). The third-order valence-electron chi connectivity index (χ3n) is 4.33. The summed E-state index contributed by atoms with van der Waals surface area (Å²) in [5.41, 5.74) is 1.60. The molecule has 1 saturated heterocycles. The summed E-state index contributed by atoms with van der Waals surface area (Å²) < 4.78 is 18.8. The third kappa shape index (κ3) is 2.75. The Hall–Kier alpha value is -1.62. The number of hydrogen-bond acceptors (Lipinski definition) is 3. The Bertz CT molecular complexity index is 544. The number of methoxy groups -OCH3 is 1. The van der Waals surface area contributed by atoms with Crippen LogP contribution in [0.4, 0.5) is 4.39 Å². The summed E-state index contributed by atoms with van der Waals surface area (Å²) in [7, 11) is 1.62. The Kier molecular flexibility index (Phi) is 3.85. The van der Waals surface area contributed by atoms with E-state index >= 15 is 0 Å². The van der Waals surface area contributed by atoms with Gasteiger partial charge in [-0.1, -0.05) is 0 Å². The molecule has 2 atom stereocenters. The number of alkyl halides is 1. The second-order valence-corrected chi connectivity index (χ2v) is 5.86. The summed E-state index contributed by atoms with van der Waals surface area (Å²) in [4.78, 5) is 14.0. The first-order valence-corrected chi connectivity index (χ1v) is 7.38. The maximum Gasteiger partial charge on any atom is 0.254 e. The van der Waals surface area contributed by atoms with Crippen LogP contribution in [0, 0.1) is 0 Å². The molecule has 1 saturated carbocycles. The molecule has 2 aliphatic rings. The van der Waals surface area contributed by atoms with E-state index in [0.29, 0.717) is 11.5 Å². The molecule has 21 heavy (non-hydrogen) atoms. The van der Waals surface area contributed by atoms with Crippen LogP contribution in [0.5, 0.6) is 5.75 Å². The molecular formula is C16H20FNO3. The van der Waals surface area contributed by atoms with Crippen molar-refractivity contribution in [3.8, 4) is 5.75 Å². The number of rotatable bonds is 4. The van der Waals surface area contributed by atoms with E-state index in [1.54, 1.807) is 19.2 Å². The Morgan fingerprint density at radius 1 is 1.48 bits per heavy atom. The summed E-state index contributed by atoms with van der Waals surface area (Å²) in [6.07, 6.45) is 1.40. The van der Waals surface area contributed by atoms with Crippen molar-refractivity contribution in [2.75, 3.05) is 20.3 Å². The molecule has 114 valence electrons. The van der Waals surface area contributed by atoms with Gasteiger partial charge in [0.1, 0.15) is 11.9 Å². The fraction of sp³-hybridized carbons (Fsp3) is 0.562. The van der Waals surface area contributed by atoms with E-state index in [-0.39, 0.29) is 25.5 Å². The Labute approximate surface area is 123 Å². The molecular weight excluding hydrogens is 273 g/mol. The number of amides is 1. The van der Waals surface area contributed by atoms with E-state index in [0.717, 1.165) is 24.2 Å². The maximum absolute atomic E-state index is 13.5. The zero-order valence-electron chi connectivity index (χ0n) is 12.1. The summed E-state index contributed by atoms with van der Waals surface area (Å²) in [5, 5.41) is 9.30. The highest BCUT2D eigenvalue weighted by Crippen LogP contribution is 2.44. The molecule has 2 fully saturated rings. The molecule has 1 aromatic carbocycles. The largest absolute Gasteiger partial charge is 0.496 e. The molecule has 0 spiro atoms. The Balaban J connectivity index is 1.86. The van der Waals surface area contributed by atoms with E-state index < -0.39 is 12.2 Å². The van der Waals surface area contributed by atoms with Crippen molar-refractivity contribution in [2.24, 2.45) is 0 Å². The summed E-state index contributed by atoms with van der Waals surface area (Å²) in [6, 6.07) is 4.96. The highest BCUT2D eigenvalue weighted by molar-refractivity contribution is 5.95. The van der Waals surface area contributed by atoms with E-state index in [1.807, 2.05) is 6.07 Å². The van der Waals surface area contributed by atoms with Crippen LogP contribution >= 0.6 is 0 Å². The fourth-order valence-corrected chi connectivity index (χ4v) is 3.03. The lowest BCUT2D eigenvalue weighted by molar-refractivity contribution is 0.0673. The van der Waals surface area contributed by atoms with Crippen molar-refractivity contribution in [2.45, 2.75) is 37.4 Å². The van der Waals surface area contributed by atoms with E-state index in [1.165, 1.54) is 4.90 Å². The van der Waals surface area contributed by atoms with Crippen LogP contribution in [-0.2, 0) is 0 Å². The van der Waals surface area contributed by atoms with Crippen molar-refractivity contribution in [1.82, 2.24) is 4.90 Å². The predicted molar refractivity (Wildman–Crippen MR) is 76.4 cm³/mol. The normalized spacial score (nSPS) is 25.2. The summed E-state index contributed by atoms with van der Waals surface area (Å²) in [6.45, 7) is -0.132. The number of ether oxygens (including phenoxy) is 1. The van der Waals surface area contributed by atoms with Gasteiger partial charge in [-0.3, -0.25) is 4.79 Å². The van der Waals surface area contributed by atoms with Crippen LogP contribution in [0.25, 0.3) is 0 Å². The molecule has 1 aliphatic heterocycles. The highest BCUT2D eigenvalue weighted by Gasteiger charge is 2.36. The molecule has 0 radical (unpaired) electrons. The number of benzene rings is 1. The van der Waals surface area contributed by atoms with E-state index in [9.17, 15) is 14.3 Å². The molecule has 5 heteroatoms. The number of nitrogens with zero attached hydrogens (tertiary/aromatic N) is 1. The smallest absolute Gasteiger partial charge is 0.254 e. The molecule has 0 bridgehead atoms. The number of likely N-dealkylation sites (tertiary alicyclic amines) is 1. The molecule has 1 aromatic rings. The van der Waals surface area contributed by atoms with Crippen LogP contribution in [0.2, 0.25) is 0 Å². The van der Waals surface area contributed by atoms with Gasteiger partial charge in [0.25, 0.3) is 5.91 Å². The second kappa shape index (κ2) is 5.64. The quantitative estimate of drug-likeness (QED) is 0.925. The minimum atomic E-state index is -1.05. The van der Waals surface area contributed by atoms with Gasteiger partial charge < -0.3 is 14.7 Å². The van der Waals surface area contributed by atoms with Crippen LogP contribution in [-0.4, -0.2) is 48.4 Å². The third-order valence-corrected chi connectivity index (χ3v) is 4.33. The second-order valence-electron chi connectivity index (χ2n) is 5.86. The van der Waals surface area contributed by atoms with Gasteiger partial charge in [-0.05, 0) is 42.5 Å². The van der Waals surface area contributed by atoms with Crippen LogP contribution in [0.1, 0.15) is 41.1 Å². The van der Waals surface area contributed by atoms with Gasteiger partial charge in [0.05, 0.1) is 26.3 Å².